The minimum Gasteiger partial charge on any atom is -0.756 e. The average molecular weight is 836 g/mol. The molecule has 2 atom stereocenters. The second-order valence-electron chi connectivity index (χ2n) is 16.4. The molecule has 1 unspecified atom stereocenters. The first kappa shape index (κ1) is 55.7. The maximum atomic E-state index is 12.7. The number of allylic oxidation sites excluding steroid dienone is 10. The van der Waals surface area contributed by atoms with Crippen LogP contribution in [0.3, 0.4) is 0 Å². The summed E-state index contributed by atoms with van der Waals surface area (Å²) in [7, 11) is 1.13. The maximum Gasteiger partial charge on any atom is 0.306 e. The Morgan fingerprint density at radius 2 is 0.931 bits per heavy atom. The number of unbranched alkanes of at least 4 members (excludes halogenated alkanes) is 17. The van der Waals surface area contributed by atoms with Crippen molar-refractivity contribution in [1.82, 2.24) is 0 Å². The second-order valence-corrected chi connectivity index (χ2v) is 17.8. The summed E-state index contributed by atoms with van der Waals surface area (Å²) in [6.45, 7) is 4.12. The van der Waals surface area contributed by atoms with Crippen LogP contribution in [0, 0.1) is 0 Å². The van der Waals surface area contributed by atoms with Crippen molar-refractivity contribution in [2.45, 2.75) is 187 Å². The fourth-order valence-electron chi connectivity index (χ4n) is 5.87. The first-order valence-corrected chi connectivity index (χ1v) is 24.5. The van der Waals surface area contributed by atoms with Gasteiger partial charge in [-0.15, -0.1) is 0 Å². The van der Waals surface area contributed by atoms with Crippen molar-refractivity contribution in [2.75, 3.05) is 47.5 Å². The Hall–Kier alpha value is -2.29. The van der Waals surface area contributed by atoms with Crippen molar-refractivity contribution < 1.29 is 42.1 Å². The van der Waals surface area contributed by atoms with Gasteiger partial charge in [0, 0.05) is 12.8 Å². The zero-order valence-electron chi connectivity index (χ0n) is 37.7. The number of quaternary nitrogens is 1. The molecule has 0 spiro atoms. The number of phosphoric acid groups is 1. The average Bonchev–Trinajstić information content (AvgIpc) is 3.17. The van der Waals surface area contributed by atoms with Gasteiger partial charge in [-0.3, -0.25) is 14.2 Å². The van der Waals surface area contributed by atoms with Crippen LogP contribution in [0.2, 0.25) is 0 Å². The van der Waals surface area contributed by atoms with Crippen molar-refractivity contribution in [3.63, 3.8) is 0 Å². The summed E-state index contributed by atoms with van der Waals surface area (Å²) in [4.78, 5) is 37.6. The molecule has 0 aromatic carbocycles. The molecule has 0 aliphatic carbocycles. The summed E-state index contributed by atoms with van der Waals surface area (Å²) in [6, 6.07) is 0. The quantitative estimate of drug-likeness (QED) is 0.0197. The highest BCUT2D eigenvalue weighted by molar-refractivity contribution is 7.45. The van der Waals surface area contributed by atoms with Gasteiger partial charge in [-0.1, -0.05) is 145 Å². The molecule has 0 N–H and O–H groups in total. The lowest BCUT2D eigenvalue weighted by atomic mass is 10.1. The minimum absolute atomic E-state index is 0.0411. The number of nitrogens with zero attached hydrogens (tertiary/aromatic N) is 1. The molecule has 0 aliphatic rings. The topological polar surface area (TPSA) is 111 Å². The Kier molecular flexibility index (Phi) is 38.5. The summed E-state index contributed by atoms with van der Waals surface area (Å²) in [6.07, 6.45) is 48.2. The molecule has 0 amide bonds. The van der Waals surface area contributed by atoms with Gasteiger partial charge in [0.05, 0.1) is 27.7 Å². The second kappa shape index (κ2) is 40.1. The summed E-state index contributed by atoms with van der Waals surface area (Å²) < 4.78 is 33.9. The molecule has 0 radical (unpaired) electrons. The molecule has 0 fully saturated rings. The third kappa shape index (κ3) is 43.3. The third-order valence-corrected chi connectivity index (χ3v) is 10.5. The van der Waals surface area contributed by atoms with Crippen LogP contribution in [0.4, 0.5) is 0 Å². The standard InChI is InChI=1S/C48H86NO8P/c1-6-8-10-12-14-16-18-20-22-23-24-25-27-28-30-32-34-36-38-40-47(50)54-44-46(45-56-58(52,53)55-43-42-49(3,4)5)57-48(51)41-39-37-35-33-31-29-26-21-19-17-15-13-11-9-7-2/h14-17,20-22,26,31,33,46H,6-13,18-19,23-25,27-30,32,34-45H2,1-5H3/b16-14-,17-15-,22-20-,26-21-,33-31-/t46-/m1/s1. The maximum absolute atomic E-state index is 12.7. The largest absolute Gasteiger partial charge is 0.756 e. The van der Waals surface area contributed by atoms with Crippen LogP contribution < -0.4 is 4.89 Å². The van der Waals surface area contributed by atoms with Gasteiger partial charge < -0.3 is 27.9 Å². The Labute approximate surface area is 356 Å². The molecule has 0 saturated carbocycles. The van der Waals surface area contributed by atoms with E-state index in [0.717, 1.165) is 70.6 Å². The van der Waals surface area contributed by atoms with Gasteiger partial charge in [-0.2, -0.15) is 0 Å². The van der Waals surface area contributed by atoms with Crippen molar-refractivity contribution >= 4 is 19.8 Å². The molecule has 10 heteroatoms. The fourth-order valence-corrected chi connectivity index (χ4v) is 6.60. The molecule has 9 nitrogen and oxygen atoms in total. The zero-order valence-corrected chi connectivity index (χ0v) is 38.6. The van der Waals surface area contributed by atoms with Crippen LogP contribution >= 0.6 is 7.82 Å². The lowest BCUT2D eigenvalue weighted by Gasteiger charge is -2.28. The highest BCUT2D eigenvalue weighted by Gasteiger charge is 2.21. The summed E-state index contributed by atoms with van der Waals surface area (Å²) in [5.41, 5.74) is 0. The monoisotopic (exact) mass is 836 g/mol. The molecule has 0 rings (SSSR count). The summed E-state index contributed by atoms with van der Waals surface area (Å²) in [5, 5.41) is 0. The fraction of sp³-hybridized carbons (Fsp3) is 0.750. The molecular formula is C48H86NO8P. The number of carbonyl (C=O) groups is 2. The predicted octanol–water partition coefficient (Wildman–Crippen LogP) is 12.6. The van der Waals surface area contributed by atoms with Gasteiger partial charge in [0.2, 0.25) is 0 Å². The Morgan fingerprint density at radius 1 is 0.534 bits per heavy atom. The molecular weight excluding hydrogens is 750 g/mol. The van der Waals surface area contributed by atoms with E-state index in [2.05, 4.69) is 74.6 Å². The summed E-state index contributed by atoms with van der Waals surface area (Å²) >= 11 is 0. The van der Waals surface area contributed by atoms with Gasteiger partial charge >= 0.3 is 11.9 Å². The van der Waals surface area contributed by atoms with E-state index in [0.29, 0.717) is 17.4 Å². The van der Waals surface area contributed by atoms with Crippen LogP contribution in [0.25, 0.3) is 0 Å². The van der Waals surface area contributed by atoms with E-state index in [1.54, 1.807) is 0 Å². The van der Waals surface area contributed by atoms with Gasteiger partial charge in [0.25, 0.3) is 7.82 Å². The van der Waals surface area contributed by atoms with Crippen molar-refractivity contribution in [3.8, 4) is 0 Å². The lowest BCUT2D eigenvalue weighted by molar-refractivity contribution is -0.870. The molecule has 0 aromatic heterocycles. The highest BCUT2D eigenvalue weighted by atomic mass is 31.2. The molecule has 0 aliphatic heterocycles. The third-order valence-electron chi connectivity index (χ3n) is 9.51. The number of likely N-dealkylation sites (N-methyl/N-ethyl adjacent to an activating group) is 1. The number of carbonyl (C=O) groups excluding carboxylic acids is 2. The number of hydrogen-bond acceptors (Lipinski definition) is 8. The van der Waals surface area contributed by atoms with Crippen LogP contribution in [0.1, 0.15) is 181 Å². The Bertz CT molecular complexity index is 1170. The van der Waals surface area contributed by atoms with Gasteiger partial charge in [-0.05, 0) is 83.5 Å². The number of phosphoric ester groups is 1. The van der Waals surface area contributed by atoms with Crippen molar-refractivity contribution in [3.05, 3.63) is 60.8 Å². The molecule has 0 bridgehead atoms. The lowest BCUT2D eigenvalue weighted by Crippen LogP contribution is -2.37. The minimum atomic E-state index is -4.64. The highest BCUT2D eigenvalue weighted by Crippen LogP contribution is 2.38. The SMILES string of the molecule is CCCCC/C=C\C/C=C\C/C=C\CCCCC(=O)O[C@H](COC(=O)CCCCCCCCCCC/C=C\C/C=C\CCCCC)COP(=O)([O-])OCC[N+](C)(C)C. The normalized spacial score (nSPS) is 14.1. The number of esters is 2. The smallest absolute Gasteiger partial charge is 0.306 e. The van der Waals surface area contributed by atoms with Crippen LogP contribution in [-0.4, -0.2) is 70.0 Å². The number of ether oxygens (including phenoxy) is 2. The molecule has 0 heterocycles. The van der Waals surface area contributed by atoms with Crippen LogP contribution in [-0.2, 0) is 32.7 Å². The predicted molar refractivity (Wildman–Crippen MR) is 240 cm³/mol. The van der Waals surface area contributed by atoms with E-state index in [9.17, 15) is 19.0 Å². The van der Waals surface area contributed by atoms with Crippen molar-refractivity contribution in [2.24, 2.45) is 0 Å². The van der Waals surface area contributed by atoms with Crippen molar-refractivity contribution in [1.29, 1.82) is 0 Å². The van der Waals surface area contributed by atoms with Crippen LogP contribution in [0.15, 0.2) is 60.8 Å². The van der Waals surface area contributed by atoms with Gasteiger partial charge in [0.15, 0.2) is 6.10 Å². The Morgan fingerprint density at radius 3 is 1.41 bits per heavy atom. The number of rotatable bonds is 41. The molecule has 336 valence electrons. The summed E-state index contributed by atoms with van der Waals surface area (Å²) in [5.74, 6) is -0.887. The first-order chi connectivity index (χ1) is 28.0. The van der Waals surface area contributed by atoms with E-state index in [-0.39, 0.29) is 26.1 Å². The van der Waals surface area contributed by atoms with E-state index >= 15 is 0 Å². The first-order valence-electron chi connectivity index (χ1n) is 23.0. The van der Waals surface area contributed by atoms with E-state index < -0.39 is 32.5 Å². The van der Waals surface area contributed by atoms with E-state index in [4.69, 9.17) is 18.5 Å². The van der Waals surface area contributed by atoms with Crippen LogP contribution in [0.5, 0.6) is 0 Å². The van der Waals surface area contributed by atoms with E-state index in [1.165, 1.54) is 77.0 Å². The number of hydrogen-bond donors (Lipinski definition) is 0. The van der Waals surface area contributed by atoms with Gasteiger partial charge in [0.1, 0.15) is 19.8 Å². The van der Waals surface area contributed by atoms with Gasteiger partial charge in [-0.25, -0.2) is 0 Å². The molecule has 0 aromatic rings. The zero-order chi connectivity index (χ0) is 42.8. The van der Waals surface area contributed by atoms with E-state index in [1.807, 2.05) is 21.1 Å². The molecule has 0 saturated heterocycles. The Balaban J connectivity index is 4.38. The molecule has 58 heavy (non-hydrogen) atoms.